The maximum absolute atomic E-state index is 5.94. The Balaban J connectivity index is 3.34. The Labute approximate surface area is 86.3 Å². The van der Waals surface area contributed by atoms with Crippen LogP contribution in [-0.2, 0) is 0 Å². The van der Waals surface area contributed by atoms with Crippen molar-refractivity contribution in [2.24, 2.45) is 16.5 Å². The number of nitrogens with two attached hydrogens (primary N) is 2. The Morgan fingerprint density at radius 1 is 1.31 bits per heavy atom. The van der Waals surface area contributed by atoms with Crippen LogP contribution >= 0.6 is 23.2 Å². The minimum Gasteiger partial charge on any atom is -0.370 e. The van der Waals surface area contributed by atoms with Crippen molar-refractivity contribution >= 4 is 34.8 Å². The largest absolute Gasteiger partial charge is 0.370 e. The number of halogens is 2. The molecule has 13 heavy (non-hydrogen) atoms. The molecule has 0 saturated heterocycles. The molecule has 0 aromatic heterocycles. The van der Waals surface area contributed by atoms with Crippen molar-refractivity contribution in [2.75, 3.05) is 0 Å². The summed E-state index contributed by atoms with van der Waals surface area (Å²) in [6.07, 6.45) is 0. The van der Waals surface area contributed by atoms with Crippen LogP contribution in [0.3, 0.4) is 0 Å². The lowest BCUT2D eigenvalue weighted by molar-refractivity contribution is 1.38. The molecule has 0 aliphatic carbocycles. The number of nitrogens with zero attached hydrogens (tertiary/aromatic N) is 1. The van der Waals surface area contributed by atoms with Gasteiger partial charge in [0.15, 0.2) is 5.96 Å². The van der Waals surface area contributed by atoms with Crippen LogP contribution < -0.4 is 11.5 Å². The SMILES string of the molecule is Cc1ccc(Cl)c(N=C(N)N)c1Cl. The van der Waals surface area contributed by atoms with Crippen molar-refractivity contribution in [3.05, 3.63) is 27.7 Å². The molecule has 1 rings (SSSR count). The molecule has 0 unspecified atom stereocenters. The van der Waals surface area contributed by atoms with E-state index in [2.05, 4.69) is 4.99 Å². The van der Waals surface area contributed by atoms with E-state index in [4.69, 9.17) is 34.7 Å². The van der Waals surface area contributed by atoms with Gasteiger partial charge in [0, 0.05) is 0 Å². The third-order valence-corrected chi connectivity index (χ3v) is 2.28. The Hall–Kier alpha value is -0.930. The molecule has 0 spiro atoms. The van der Waals surface area contributed by atoms with Crippen LogP contribution in [0.5, 0.6) is 0 Å². The maximum Gasteiger partial charge on any atom is 0.191 e. The van der Waals surface area contributed by atoms with E-state index >= 15 is 0 Å². The van der Waals surface area contributed by atoms with Crippen LogP contribution in [-0.4, -0.2) is 5.96 Å². The molecule has 1 aromatic rings. The topological polar surface area (TPSA) is 64.4 Å². The Morgan fingerprint density at radius 2 is 1.92 bits per heavy atom. The predicted molar refractivity (Wildman–Crippen MR) is 56.7 cm³/mol. The normalized spacial score (nSPS) is 9.77. The second kappa shape index (κ2) is 3.85. The van der Waals surface area contributed by atoms with Crippen LogP contribution in [0.25, 0.3) is 0 Å². The van der Waals surface area contributed by atoms with Crippen molar-refractivity contribution in [3.63, 3.8) is 0 Å². The van der Waals surface area contributed by atoms with Gasteiger partial charge in [0.25, 0.3) is 0 Å². The average molecular weight is 218 g/mol. The number of rotatable bonds is 1. The quantitative estimate of drug-likeness (QED) is 0.560. The number of benzene rings is 1. The van der Waals surface area contributed by atoms with Gasteiger partial charge in [-0.3, -0.25) is 0 Å². The third-order valence-electron chi connectivity index (χ3n) is 1.50. The van der Waals surface area contributed by atoms with Crippen LogP contribution in [0.1, 0.15) is 5.56 Å². The van der Waals surface area contributed by atoms with E-state index in [1.54, 1.807) is 12.1 Å². The van der Waals surface area contributed by atoms with Gasteiger partial charge in [0.1, 0.15) is 5.69 Å². The number of aryl methyl sites for hydroxylation is 1. The first kappa shape index (κ1) is 10.2. The zero-order chi connectivity index (χ0) is 10.0. The standard InChI is InChI=1S/C8H9Cl2N3/c1-4-2-3-5(9)7(6(4)10)13-8(11)12/h2-3H,1H3,(H4,11,12,13). The summed E-state index contributed by atoms with van der Waals surface area (Å²) in [5, 5.41) is 0.907. The Bertz CT molecular complexity index is 357. The van der Waals surface area contributed by atoms with Gasteiger partial charge >= 0.3 is 0 Å². The van der Waals surface area contributed by atoms with Crippen molar-refractivity contribution in [1.82, 2.24) is 0 Å². The fraction of sp³-hybridized carbons (Fsp3) is 0.125. The van der Waals surface area contributed by atoms with Crippen LogP contribution in [0.2, 0.25) is 10.0 Å². The highest BCUT2D eigenvalue weighted by molar-refractivity contribution is 6.39. The van der Waals surface area contributed by atoms with Gasteiger partial charge in [-0.05, 0) is 18.6 Å². The highest BCUT2D eigenvalue weighted by Crippen LogP contribution is 2.34. The Morgan fingerprint density at radius 3 is 2.46 bits per heavy atom. The zero-order valence-electron chi connectivity index (χ0n) is 7.01. The summed E-state index contributed by atoms with van der Waals surface area (Å²) < 4.78 is 0. The van der Waals surface area contributed by atoms with Gasteiger partial charge in [-0.25, -0.2) is 4.99 Å². The fourth-order valence-electron chi connectivity index (χ4n) is 0.873. The van der Waals surface area contributed by atoms with Crippen molar-refractivity contribution in [1.29, 1.82) is 0 Å². The molecular formula is C8H9Cl2N3. The molecule has 0 aliphatic rings. The summed E-state index contributed by atoms with van der Waals surface area (Å²) in [4.78, 5) is 3.83. The van der Waals surface area contributed by atoms with Crippen LogP contribution in [0.15, 0.2) is 17.1 Å². The minimum atomic E-state index is -0.0607. The average Bonchev–Trinajstić information content (AvgIpc) is 2.05. The molecular weight excluding hydrogens is 209 g/mol. The van der Waals surface area contributed by atoms with Gasteiger partial charge in [0.05, 0.1) is 10.0 Å². The van der Waals surface area contributed by atoms with Gasteiger partial charge in [-0.2, -0.15) is 0 Å². The molecule has 0 bridgehead atoms. The highest BCUT2D eigenvalue weighted by Gasteiger charge is 2.06. The molecule has 0 amide bonds. The predicted octanol–water partition coefficient (Wildman–Crippen LogP) is 2.21. The van der Waals surface area contributed by atoms with E-state index in [9.17, 15) is 0 Å². The lowest BCUT2D eigenvalue weighted by Crippen LogP contribution is -2.22. The Kier molecular flexibility index (Phi) is 3.01. The van der Waals surface area contributed by atoms with Gasteiger partial charge in [0.2, 0.25) is 0 Å². The number of hydrogen-bond donors (Lipinski definition) is 2. The van der Waals surface area contributed by atoms with E-state index in [0.29, 0.717) is 15.7 Å². The molecule has 1 aromatic carbocycles. The first-order chi connectivity index (χ1) is 6.02. The summed E-state index contributed by atoms with van der Waals surface area (Å²) in [5.74, 6) is -0.0607. The zero-order valence-corrected chi connectivity index (χ0v) is 8.52. The van der Waals surface area contributed by atoms with Crippen LogP contribution in [0.4, 0.5) is 5.69 Å². The molecule has 0 fully saturated rings. The molecule has 0 saturated carbocycles. The molecule has 0 aliphatic heterocycles. The van der Waals surface area contributed by atoms with E-state index in [0.717, 1.165) is 5.56 Å². The lowest BCUT2D eigenvalue weighted by atomic mass is 10.2. The number of guanidine groups is 1. The fourth-order valence-corrected chi connectivity index (χ4v) is 1.33. The van der Waals surface area contributed by atoms with Gasteiger partial charge in [-0.1, -0.05) is 29.3 Å². The van der Waals surface area contributed by atoms with E-state index < -0.39 is 0 Å². The minimum absolute atomic E-state index is 0.0607. The number of aliphatic imine (C=N–C) groups is 1. The third kappa shape index (κ3) is 2.26. The van der Waals surface area contributed by atoms with Gasteiger partial charge < -0.3 is 11.5 Å². The summed E-state index contributed by atoms with van der Waals surface area (Å²) in [5.41, 5.74) is 11.7. The maximum atomic E-state index is 5.94. The number of hydrogen-bond acceptors (Lipinski definition) is 1. The van der Waals surface area contributed by atoms with Crippen molar-refractivity contribution in [3.8, 4) is 0 Å². The summed E-state index contributed by atoms with van der Waals surface area (Å²) >= 11 is 11.8. The highest BCUT2D eigenvalue weighted by atomic mass is 35.5. The summed E-state index contributed by atoms with van der Waals surface area (Å²) in [6, 6.07) is 3.50. The molecule has 3 nitrogen and oxygen atoms in total. The first-order valence-electron chi connectivity index (χ1n) is 3.56. The molecule has 0 radical (unpaired) electrons. The second-order valence-electron chi connectivity index (χ2n) is 2.56. The first-order valence-corrected chi connectivity index (χ1v) is 4.32. The molecule has 0 atom stereocenters. The van der Waals surface area contributed by atoms with Crippen molar-refractivity contribution < 1.29 is 0 Å². The second-order valence-corrected chi connectivity index (χ2v) is 3.35. The monoisotopic (exact) mass is 217 g/mol. The van der Waals surface area contributed by atoms with Crippen LogP contribution in [0, 0.1) is 6.92 Å². The van der Waals surface area contributed by atoms with E-state index in [1.165, 1.54) is 0 Å². The van der Waals surface area contributed by atoms with Crippen molar-refractivity contribution in [2.45, 2.75) is 6.92 Å². The molecule has 70 valence electrons. The molecule has 4 N–H and O–H groups in total. The summed E-state index contributed by atoms with van der Waals surface area (Å²) in [6.45, 7) is 1.85. The van der Waals surface area contributed by atoms with Gasteiger partial charge in [-0.15, -0.1) is 0 Å². The molecule has 0 heterocycles. The smallest absolute Gasteiger partial charge is 0.191 e. The summed E-state index contributed by atoms with van der Waals surface area (Å²) in [7, 11) is 0. The van der Waals surface area contributed by atoms with E-state index in [1.807, 2.05) is 6.92 Å². The molecule has 5 heteroatoms. The van der Waals surface area contributed by atoms with E-state index in [-0.39, 0.29) is 5.96 Å². The lowest BCUT2D eigenvalue weighted by Gasteiger charge is -2.04.